The third-order valence-electron chi connectivity index (χ3n) is 3.90. The largest absolute Gasteiger partial charge is 0.328 e. The van der Waals surface area contributed by atoms with Crippen LogP contribution in [0.1, 0.15) is 38.9 Å². The smallest absolute Gasteiger partial charge is 0.260 e. The fraction of sp³-hybridized carbons (Fsp3) is 0.529. The summed E-state index contributed by atoms with van der Waals surface area (Å²) in [7, 11) is 0. The van der Waals surface area contributed by atoms with E-state index in [1.165, 1.54) is 0 Å². The van der Waals surface area contributed by atoms with E-state index < -0.39 is 11.9 Å². The number of hydrogen-bond donors (Lipinski definition) is 3. The summed E-state index contributed by atoms with van der Waals surface area (Å²) in [5.41, 5.74) is 3.87. The van der Waals surface area contributed by atoms with Gasteiger partial charge in [-0.3, -0.25) is 10.0 Å². The van der Waals surface area contributed by atoms with Gasteiger partial charge in [0.25, 0.3) is 5.91 Å². The second-order valence-corrected chi connectivity index (χ2v) is 5.69. The van der Waals surface area contributed by atoms with Crippen LogP contribution in [-0.4, -0.2) is 33.3 Å². The molecule has 1 aromatic heterocycles. The predicted octanol–water partition coefficient (Wildman–Crippen LogP) is 2.25. The number of rotatable bonds is 9. The Hall–Kier alpha value is -1.92. The van der Waals surface area contributed by atoms with Crippen molar-refractivity contribution in [1.82, 2.24) is 20.3 Å². The van der Waals surface area contributed by atoms with Gasteiger partial charge in [-0.2, -0.15) is 0 Å². The molecule has 0 aliphatic rings. The van der Waals surface area contributed by atoms with Crippen LogP contribution >= 0.6 is 0 Å². The fourth-order valence-corrected chi connectivity index (χ4v) is 2.79. The number of nitrogens with zero attached hydrogens (tertiary/aromatic N) is 2. The molecule has 0 aliphatic carbocycles. The Labute approximate surface area is 136 Å². The Morgan fingerprint density at radius 2 is 2.09 bits per heavy atom. The van der Waals surface area contributed by atoms with Gasteiger partial charge in [-0.15, -0.1) is 0 Å². The highest BCUT2D eigenvalue weighted by molar-refractivity contribution is 5.80. The van der Waals surface area contributed by atoms with Gasteiger partial charge in [0.1, 0.15) is 5.82 Å². The molecule has 0 saturated heterocycles. The molecule has 0 aliphatic heterocycles. The van der Waals surface area contributed by atoms with Crippen molar-refractivity contribution in [1.29, 1.82) is 0 Å². The van der Waals surface area contributed by atoms with Gasteiger partial charge in [-0.1, -0.05) is 26.0 Å². The van der Waals surface area contributed by atoms with Crippen LogP contribution in [0, 0.1) is 0 Å². The van der Waals surface area contributed by atoms with Crippen LogP contribution in [0.4, 0.5) is 0 Å². The molecule has 6 heteroatoms. The summed E-state index contributed by atoms with van der Waals surface area (Å²) in [5, 5.41) is 12.1. The maximum Gasteiger partial charge on any atom is 0.260 e. The van der Waals surface area contributed by atoms with E-state index in [2.05, 4.69) is 22.9 Å². The third-order valence-corrected chi connectivity index (χ3v) is 3.90. The summed E-state index contributed by atoms with van der Waals surface area (Å²) >= 11 is 0. The number of carbonyl (C=O) groups excluding carboxylic acids is 1. The van der Waals surface area contributed by atoms with E-state index >= 15 is 0 Å². The lowest BCUT2D eigenvalue weighted by Gasteiger charge is -2.16. The van der Waals surface area contributed by atoms with Crippen molar-refractivity contribution in [3.05, 3.63) is 30.1 Å². The summed E-state index contributed by atoms with van der Waals surface area (Å²) < 4.78 is 2.23. The first-order valence-corrected chi connectivity index (χ1v) is 8.32. The third kappa shape index (κ3) is 4.30. The highest BCUT2D eigenvalue weighted by Crippen LogP contribution is 2.18. The van der Waals surface area contributed by atoms with Gasteiger partial charge in [0.2, 0.25) is 0 Å². The van der Waals surface area contributed by atoms with Crippen LogP contribution in [0.5, 0.6) is 0 Å². The SMILES string of the molecule is CCCN[C@@H](CCc1nc2ccccc2n1CCC)C(=O)NO. The molecule has 0 fully saturated rings. The summed E-state index contributed by atoms with van der Waals surface area (Å²) in [5.74, 6) is 0.596. The highest BCUT2D eigenvalue weighted by Gasteiger charge is 2.19. The zero-order valence-corrected chi connectivity index (χ0v) is 13.9. The van der Waals surface area contributed by atoms with E-state index in [4.69, 9.17) is 10.2 Å². The fourth-order valence-electron chi connectivity index (χ4n) is 2.79. The van der Waals surface area contributed by atoms with Crippen LogP contribution < -0.4 is 10.8 Å². The molecule has 0 radical (unpaired) electrons. The van der Waals surface area contributed by atoms with Gasteiger partial charge in [0.05, 0.1) is 17.1 Å². The van der Waals surface area contributed by atoms with Crippen molar-refractivity contribution in [3.8, 4) is 0 Å². The predicted molar refractivity (Wildman–Crippen MR) is 90.4 cm³/mol. The Bertz CT molecular complexity index is 639. The van der Waals surface area contributed by atoms with Crippen molar-refractivity contribution >= 4 is 16.9 Å². The average molecular weight is 318 g/mol. The topological polar surface area (TPSA) is 79.2 Å². The number of hydrogen-bond acceptors (Lipinski definition) is 4. The number of amides is 1. The zero-order valence-electron chi connectivity index (χ0n) is 13.9. The van der Waals surface area contributed by atoms with Crippen molar-refractivity contribution < 1.29 is 10.0 Å². The second kappa shape index (κ2) is 8.64. The molecule has 1 amide bonds. The highest BCUT2D eigenvalue weighted by atomic mass is 16.5. The van der Waals surface area contributed by atoms with E-state index in [0.29, 0.717) is 12.8 Å². The molecule has 0 spiro atoms. The maximum atomic E-state index is 11.8. The van der Waals surface area contributed by atoms with Gasteiger partial charge < -0.3 is 9.88 Å². The number of aryl methyl sites for hydroxylation is 2. The standard InChI is InChI=1S/C17H26N4O2/c1-3-11-18-14(17(22)20-23)9-10-16-19-13-7-5-6-8-15(13)21(16)12-4-2/h5-8,14,18,23H,3-4,9-12H2,1-2H3,(H,20,22)/t14-/m0/s1. The molecule has 0 unspecified atom stereocenters. The summed E-state index contributed by atoms with van der Waals surface area (Å²) in [6.45, 7) is 5.84. The van der Waals surface area contributed by atoms with Gasteiger partial charge in [0.15, 0.2) is 0 Å². The first-order valence-electron chi connectivity index (χ1n) is 8.32. The number of para-hydroxylation sites is 2. The van der Waals surface area contributed by atoms with Crippen LogP contribution in [0.3, 0.4) is 0 Å². The number of carbonyl (C=O) groups is 1. The number of imidazole rings is 1. The quantitative estimate of drug-likeness (QED) is 0.489. The number of fused-ring (bicyclic) bond motifs is 1. The van der Waals surface area contributed by atoms with Gasteiger partial charge in [-0.05, 0) is 37.9 Å². The zero-order chi connectivity index (χ0) is 16.7. The van der Waals surface area contributed by atoms with Crippen LogP contribution in [0.2, 0.25) is 0 Å². The van der Waals surface area contributed by atoms with Gasteiger partial charge >= 0.3 is 0 Å². The van der Waals surface area contributed by atoms with E-state index in [1.54, 1.807) is 5.48 Å². The Kier molecular flexibility index (Phi) is 6.55. The first kappa shape index (κ1) is 17.4. The van der Waals surface area contributed by atoms with Crippen LogP contribution in [0.25, 0.3) is 11.0 Å². The average Bonchev–Trinajstić information content (AvgIpc) is 2.92. The number of nitrogens with one attached hydrogen (secondary N) is 2. The van der Waals surface area contributed by atoms with Crippen molar-refractivity contribution in [2.45, 2.75) is 52.1 Å². The molecule has 1 heterocycles. The lowest BCUT2D eigenvalue weighted by Crippen LogP contribution is -2.43. The molecule has 0 saturated carbocycles. The first-order chi connectivity index (χ1) is 11.2. The molecule has 126 valence electrons. The van der Waals surface area contributed by atoms with Crippen LogP contribution in [0.15, 0.2) is 24.3 Å². The van der Waals surface area contributed by atoms with E-state index in [9.17, 15) is 4.79 Å². The monoisotopic (exact) mass is 318 g/mol. The molecule has 2 rings (SSSR count). The summed E-state index contributed by atoms with van der Waals surface area (Å²) in [6, 6.07) is 7.69. The Morgan fingerprint density at radius 1 is 1.30 bits per heavy atom. The second-order valence-electron chi connectivity index (χ2n) is 5.69. The molecule has 1 atom stereocenters. The molecule has 2 aromatic rings. The van der Waals surface area contributed by atoms with Crippen LogP contribution in [-0.2, 0) is 17.8 Å². The number of aromatic nitrogens is 2. The normalized spacial score (nSPS) is 12.5. The summed E-state index contributed by atoms with van der Waals surface area (Å²) in [6.07, 6.45) is 3.24. The lowest BCUT2D eigenvalue weighted by atomic mass is 10.1. The van der Waals surface area contributed by atoms with Gasteiger partial charge in [0, 0.05) is 13.0 Å². The molecular weight excluding hydrogens is 292 g/mol. The molecule has 23 heavy (non-hydrogen) atoms. The van der Waals surface area contributed by atoms with Crippen molar-refractivity contribution in [2.24, 2.45) is 0 Å². The molecule has 3 N–H and O–H groups in total. The molecule has 1 aromatic carbocycles. The Balaban J connectivity index is 2.16. The number of benzene rings is 1. The maximum absolute atomic E-state index is 11.8. The minimum atomic E-state index is -0.408. The van der Waals surface area contributed by atoms with E-state index in [1.807, 2.05) is 25.1 Å². The number of hydroxylamine groups is 1. The van der Waals surface area contributed by atoms with Gasteiger partial charge in [-0.25, -0.2) is 10.5 Å². The molecule has 0 bridgehead atoms. The van der Waals surface area contributed by atoms with Crippen molar-refractivity contribution in [3.63, 3.8) is 0 Å². The molecule has 6 nitrogen and oxygen atoms in total. The minimum Gasteiger partial charge on any atom is -0.328 e. The minimum absolute atomic E-state index is 0.392. The Morgan fingerprint density at radius 3 is 2.78 bits per heavy atom. The van der Waals surface area contributed by atoms with Crippen molar-refractivity contribution in [2.75, 3.05) is 6.54 Å². The summed E-state index contributed by atoms with van der Waals surface area (Å²) in [4.78, 5) is 16.5. The lowest BCUT2D eigenvalue weighted by molar-refractivity contribution is -0.131. The molecular formula is C17H26N4O2. The van der Waals surface area contributed by atoms with E-state index in [0.717, 1.165) is 42.8 Å². The van der Waals surface area contributed by atoms with E-state index in [-0.39, 0.29) is 0 Å².